The summed E-state index contributed by atoms with van der Waals surface area (Å²) >= 11 is 0. The lowest BCUT2D eigenvalue weighted by Gasteiger charge is -2.06. The number of unbranched alkanes of at least 4 members (excludes halogenated alkanes) is 10. The first kappa shape index (κ1) is 31.7. The number of rotatable bonds is 14. The number of carbonyl (C=O) groups excluding carboxylic acids is 1. The summed E-state index contributed by atoms with van der Waals surface area (Å²) in [4.78, 5) is 11.0. The van der Waals surface area contributed by atoms with Gasteiger partial charge in [0.2, 0.25) is 0 Å². The highest BCUT2D eigenvalue weighted by molar-refractivity contribution is 7.85. The summed E-state index contributed by atoms with van der Waals surface area (Å²) in [6, 6.07) is 5.49. The van der Waals surface area contributed by atoms with Crippen LogP contribution in [0.25, 0.3) is 0 Å². The van der Waals surface area contributed by atoms with Crippen molar-refractivity contribution in [1.82, 2.24) is 6.15 Å². The zero-order chi connectivity index (χ0) is 22.8. The maximum Gasteiger partial charge on any atom is 0.322 e. The maximum absolute atomic E-state index is 11.1. The molecule has 182 valence electrons. The van der Waals surface area contributed by atoms with Crippen LogP contribution in [0.15, 0.2) is 29.2 Å². The molecule has 7 nitrogen and oxygen atoms in total. The lowest BCUT2D eigenvalue weighted by Crippen LogP contribution is -2.28. The van der Waals surface area contributed by atoms with Crippen LogP contribution in [0, 0.1) is 6.92 Å². The van der Waals surface area contributed by atoms with Gasteiger partial charge in [-0.15, -0.1) is 0 Å². The monoisotopic (exact) mass is 460 g/mol. The van der Waals surface area contributed by atoms with Gasteiger partial charge in [0.25, 0.3) is 10.1 Å². The normalized spacial score (nSPS) is 11.6. The van der Waals surface area contributed by atoms with Crippen molar-refractivity contribution in [3.05, 3.63) is 29.8 Å². The van der Waals surface area contributed by atoms with Gasteiger partial charge in [0.1, 0.15) is 6.04 Å². The third kappa shape index (κ3) is 19.0. The van der Waals surface area contributed by atoms with Crippen LogP contribution in [0.2, 0.25) is 0 Å². The average Bonchev–Trinajstić information content (AvgIpc) is 2.68. The topological polar surface area (TPSA) is 142 Å². The second-order valence-corrected chi connectivity index (χ2v) is 9.20. The van der Waals surface area contributed by atoms with Crippen LogP contribution in [0.1, 0.15) is 90.0 Å². The van der Waals surface area contributed by atoms with Crippen molar-refractivity contribution in [2.75, 3.05) is 6.61 Å². The second kappa shape index (κ2) is 19.2. The molecule has 1 atom stereocenters. The Morgan fingerprint density at radius 1 is 0.935 bits per heavy atom. The third-order valence-corrected chi connectivity index (χ3v) is 5.55. The van der Waals surface area contributed by atoms with E-state index in [0.29, 0.717) is 6.61 Å². The average molecular weight is 461 g/mol. The molecule has 1 rings (SSSR count). The molecule has 31 heavy (non-hydrogen) atoms. The molecule has 0 saturated carbocycles. The molecule has 6 N–H and O–H groups in total. The minimum atomic E-state index is -4.02. The van der Waals surface area contributed by atoms with Crippen LogP contribution in [0.3, 0.4) is 0 Å². The first-order valence-corrected chi connectivity index (χ1v) is 12.6. The zero-order valence-corrected chi connectivity index (χ0v) is 20.5. The van der Waals surface area contributed by atoms with E-state index in [-0.39, 0.29) is 17.0 Å². The van der Waals surface area contributed by atoms with Crippen molar-refractivity contribution in [2.45, 2.75) is 102 Å². The standard InChI is InChI=1S/C16H33NO2.C7H8O3S.H3N/c1-3-4-5-6-7-8-9-10-11-12-13-14-19-16(18)15(2)17;1-6-2-4-7(5-3-6)11(8,9)10;/h15H,3-14,17H2,1-2H3;2-5H,1H3,(H,8,9,10);1H3/t15-;;/m0../s1. The van der Waals surface area contributed by atoms with E-state index in [1.807, 2.05) is 6.92 Å². The van der Waals surface area contributed by atoms with E-state index in [2.05, 4.69) is 6.92 Å². The number of carbonyl (C=O) groups is 1. The van der Waals surface area contributed by atoms with Crippen molar-refractivity contribution in [2.24, 2.45) is 5.73 Å². The number of ether oxygens (including phenoxy) is 1. The fourth-order valence-corrected chi connectivity index (χ4v) is 3.26. The van der Waals surface area contributed by atoms with Crippen molar-refractivity contribution in [1.29, 1.82) is 0 Å². The van der Waals surface area contributed by atoms with Gasteiger partial charge in [-0.1, -0.05) is 88.8 Å². The van der Waals surface area contributed by atoms with Crippen molar-refractivity contribution >= 4 is 16.1 Å². The van der Waals surface area contributed by atoms with Crippen LogP contribution < -0.4 is 11.9 Å². The number of aryl methyl sites for hydroxylation is 1. The van der Waals surface area contributed by atoms with E-state index < -0.39 is 16.2 Å². The highest BCUT2D eigenvalue weighted by atomic mass is 32.2. The largest absolute Gasteiger partial charge is 0.465 e. The highest BCUT2D eigenvalue weighted by Gasteiger charge is 2.07. The Labute approximate surface area is 189 Å². The number of esters is 1. The molecule has 0 heterocycles. The smallest absolute Gasteiger partial charge is 0.322 e. The molecule has 0 fully saturated rings. The van der Waals surface area contributed by atoms with E-state index in [9.17, 15) is 13.2 Å². The van der Waals surface area contributed by atoms with E-state index >= 15 is 0 Å². The van der Waals surface area contributed by atoms with Crippen molar-refractivity contribution in [3.63, 3.8) is 0 Å². The molecule has 0 saturated heterocycles. The predicted molar refractivity (Wildman–Crippen MR) is 127 cm³/mol. The van der Waals surface area contributed by atoms with E-state index in [0.717, 1.165) is 18.4 Å². The van der Waals surface area contributed by atoms with Gasteiger partial charge in [0, 0.05) is 0 Å². The van der Waals surface area contributed by atoms with Crippen LogP contribution in [0.4, 0.5) is 0 Å². The fraction of sp³-hybridized carbons (Fsp3) is 0.696. The number of benzene rings is 1. The minimum Gasteiger partial charge on any atom is -0.465 e. The van der Waals surface area contributed by atoms with Gasteiger partial charge in [-0.3, -0.25) is 9.35 Å². The molecule has 1 aromatic rings. The van der Waals surface area contributed by atoms with E-state index in [1.54, 1.807) is 19.1 Å². The quantitative estimate of drug-likeness (QED) is 0.186. The lowest BCUT2D eigenvalue weighted by atomic mass is 10.1. The number of hydrogen-bond acceptors (Lipinski definition) is 6. The Morgan fingerprint density at radius 3 is 1.74 bits per heavy atom. The summed E-state index contributed by atoms with van der Waals surface area (Å²) in [6.45, 7) is 6.28. The van der Waals surface area contributed by atoms with Crippen molar-refractivity contribution in [3.8, 4) is 0 Å². The molecule has 0 spiro atoms. The summed E-state index contributed by atoms with van der Waals surface area (Å²) in [7, 11) is -4.02. The molecule has 0 radical (unpaired) electrons. The Balaban J connectivity index is 0. The van der Waals surface area contributed by atoms with Gasteiger partial charge in [-0.25, -0.2) is 0 Å². The Hall–Kier alpha value is -1.48. The minimum absolute atomic E-state index is 0. The molecule has 0 amide bonds. The van der Waals surface area contributed by atoms with Gasteiger partial charge in [-0.05, 0) is 32.4 Å². The molecule has 0 aromatic heterocycles. The van der Waals surface area contributed by atoms with E-state index in [4.69, 9.17) is 15.0 Å². The second-order valence-electron chi connectivity index (χ2n) is 7.78. The number of nitrogens with two attached hydrogens (primary N) is 1. The van der Waals surface area contributed by atoms with E-state index in [1.165, 1.54) is 69.9 Å². The van der Waals surface area contributed by atoms with Crippen LogP contribution in [-0.4, -0.2) is 31.6 Å². The molecule has 0 aliphatic rings. The lowest BCUT2D eigenvalue weighted by molar-refractivity contribution is -0.144. The van der Waals surface area contributed by atoms with Gasteiger partial charge in [-0.2, -0.15) is 8.42 Å². The molecule has 0 aliphatic heterocycles. The molecular formula is C23H44N2O5S. The molecule has 0 bridgehead atoms. The van der Waals surface area contributed by atoms with Gasteiger partial charge >= 0.3 is 5.97 Å². The maximum atomic E-state index is 11.1. The summed E-state index contributed by atoms with van der Waals surface area (Å²) < 4.78 is 34.6. The van der Waals surface area contributed by atoms with Gasteiger partial charge < -0.3 is 16.6 Å². The zero-order valence-electron chi connectivity index (χ0n) is 19.6. The highest BCUT2D eigenvalue weighted by Crippen LogP contribution is 2.11. The molecule has 0 unspecified atom stereocenters. The summed E-state index contributed by atoms with van der Waals surface area (Å²) in [6.07, 6.45) is 14.3. The first-order chi connectivity index (χ1) is 14.2. The SMILES string of the molecule is CCCCCCCCCCCCCOC(=O)[C@H](C)N.Cc1ccc(S(=O)(=O)O)cc1.N. The Kier molecular flexibility index (Phi) is 19.7. The Morgan fingerprint density at radius 2 is 1.35 bits per heavy atom. The van der Waals surface area contributed by atoms with Gasteiger partial charge in [0.15, 0.2) is 0 Å². The first-order valence-electron chi connectivity index (χ1n) is 11.1. The fourth-order valence-electron chi connectivity index (χ4n) is 2.78. The molecular weight excluding hydrogens is 416 g/mol. The predicted octanol–water partition coefficient (Wildman–Crippen LogP) is 5.59. The summed E-state index contributed by atoms with van der Waals surface area (Å²) in [5.74, 6) is -0.285. The van der Waals surface area contributed by atoms with Crippen LogP contribution in [0.5, 0.6) is 0 Å². The van der Waals surface area contributed by atoms with Crippen LogP contribution >= 0.6 is 0 Å². The Bertz CT molecular complexity index is 661. The third-order valence-electron chi connectivity index (χ3n) is 4.68. The van der Waals surface area contributed by atoms with Crippen LogP contribution in [-0.2, 0) is 19.6 Å². The molecule has 0 aliphatic carbocycles. The van der Waals surface area contributed by atoms with Crippen molar-refractivity contribution < 1.29 is 22.5 Å². The summed E-state index contributed by atoms with van der Waals surface area (Å²) in [5, 5.41) is 0. The van der Waals surface area contributed by atoms with Gasteiger partial charge in [0.05, 0.1) is 11.5 Å². The number of hydrogen-bond donors (Lipinski definition) is 3. The summed E-state index contributed by atoms with van der Waals surface area (Å²) in [5.41, 5.74) is 6.36. The molecule has 8 heteroatoms. The molecule has 1 aromatic carbocycles.